The average Bonchev–Trinajstić information content (AvgIpc) is 4.19. The number of piperazine rings is 1. The molecule has 74 heavy (non-hydrogen) atoms. The number of carbonyl (C=O) groups is 3. The average molecular weight is 1030 g/mol. The van der Waals surface area contributed by atoms with Crippen molar-refractivity contribution in [2.45, 2.75) is 116 Å². The van der Waals surface area contributed by atoms with Gasteiger partial charge in [0.1, 0.15) is 23.7 Å². The summed E-state index contributed by atoms with van der Waals surface area (Å²) in [5.74, 6) is 7.05. The van der Waals surface area contributed by atoms with E-state index in [-0.39, 0.29) is 23.5 Å². The van der Waals surface area contributed by atoms with Crippen molar-refractivity contribution in [3.8, 4) is 22.3 Å². The second kappa shape index (κ2) is 22.9. The lowest BCUT2D eigenvalue weighted by Gasteiger charge is -2.36. The molecule has 5 aromatic rings. The number of nitrogens with zero attached hydrogens (tertiary/aromatic N) is 10. The van der Waals surface area contributed by atoms with Gasteiger partial charge in [-0.05, 0) is 104 Å². The zero-order valence-electron chi connectivity index (χ0n) is 42.6. The molecule has 3 saturated heterocycles. The normalized spacial score (nSPS) is 18.1. The number of anilines is 1. The number of aryl methyl sites for hydroxylation is 2. The van der Waals surface area contributed by atoms with Crippen molar-refractivity contribution in [1.82, 2.24) is 50.2 Å². The van der Waals surface area contributed by atoms with Crippen molar-refractivity contribution in [1.29, 1.82) is 0 Å². The number of nitrogens with one attached hydrogen (secondary N) is 2. The molecule has 9 rings (SSSR count). The fourth-order valence-corrected chi connectivity index (χ4v) is 11.1. The molecular formula is C55H65F3N12O3S. The Kier molecular flexibility index (Phi) is 16.1. The molecule has 0 unspecified atom stereocenters. The third-order valence-corrected chi connectivity index (χ3v) is 15.6. The Morgan fingerprint density at radius 2 is 1.54 bits per heavy atom. The van der Waals surface area contributed by atoms with Crippen molar-refractivity contribution in [3.63, 3.8) is 0 Å². The molecule has 4 aliphatic rings. The topological polar surface area (TPSA) is 157 Å². The maximum Gasteiger partial charge on any atom is 0.453 e. The van der Waals surface area contributed by atoms with Gasteiger partial charge in [-0.2, -0.15) is 22.9 Å². The lowest BCUT2D eigenvalue weighted by molar-refractivity contribution is -0.147. The van der Waals surface area contributed by atoms with Gasteiger partial charge in [0.15, 0.2) is 5.82 Å². The van der Waals surface area contributed by atoms with Crippen LogP contribution in [0.3, 0.4) is 0 Å². The van der Waals surface area contributed by atoms with Gasteiger partial charge in [0, 0.05) is 88.9 Å². The number of rotatable bonds is 13. The maximum absolute atomic E-state index is 14.1. The molecule has 2 atom stereocenters. The molecule has 0 saturated carbocycles. The number of benzene rings is 2. The summed E-state index contributed by atoms with van der Waals surface area (Å²) in [7, 11) is 0. The number of amides is 3. The summed E-state index contributed by atoms with van der Waals surface area (Å²) >= 11 is 1.60. The first-order chi connectivity index (χ1) is 35.6. The molecule has 0 bridgehead atoms. The predicted octanol–water partition coefficient (Wildman–Crippen LogP) is 7.64. The maximum atomic E-state index is 14.1. The highest BCUT2D eigenvalue weighted by Crippen LogP contribution is 2.33. The highest BCUT2D eigenvalue weighted by Gasteiger charge is 2.42. The lowest BCUT2D eigenvalue weighted by Crippen LogP contribution is -2.57. The number of halogens is 3. The molecule has 7 heterocycles. The molecule has 0 aliphatic carbocycles. The standard InChI is InChI=1S/C55H65F3N12O3S/c1-37-49(74-36-61-37)43-19-14-40(15-20-43)35-60-51(72)44-8-7-27-69(44)52(73)50(54(2,3)4)62-48(71)9-5-6-26-66-30-32-68(33-31-66)45-21-16-39(34-59-45)11-10-38-12-17-41(18-13-38)42-24-28-67(29-25-42)47-23-22-46-63-64-53(55(56,57)58)70(46)65-47/h12-21,34,36,42,44,50H,5-9,22-33,35H2,1-4H3,(H,60,72)(H,62,71)/t44-,50+/m0/s1. The summed E-state index contributed by atoms with van der Waals surface area (Å²) in [5, 5.41) is 17.4. The molecule has 0 radical (unpaired) electrons. The smallest absolute Gasteiger partial charge is 0.359 e. The van der Waals surface area contributed by atoms with E-state index in [1.54, 1.807) is 16.2 Å². The predicted molar refractivity (Wildman–Crippen MR) is 279 cm³/mol. The fraction of sp³-hybridized carbons (Fsp3) is 0.491. The van der Waals surface area contributed by atoms with Crippen LogP contribution in [0.2, 0.25) is 0 Å². The van der Waals surface area contributed by atoms with Crippen LogP contribution in [0, 0.1) is 24.2 Å². The van der Waals surface area contributed by atoms with E-state index in [0.29, 0.717) is 70.0 Å². The monoisotopic (exact) mass is 1030 g/mol. The van der Waals surface area contributed by atoms with E-state index >= 15 is 0 Å². The first-order valence-corrected chi connectivity index (χ1v) is 26.7. The molecule has 4 aliphatic heterocycles. The number of thiazole rings is 1. The number of unbranched alkanes of at least 4 members (excludes halogenated alkanes) is 1. The minimum atomic E-state index is -4.61. The molecule has 3 fully saturated rings. The third kappa shape index (κ3) is 12.6. The number of carbonyl (C=O) groups excluding carboxylic acids is 3. The Balaban J connectivity index is 0.668. The van der Waals surface area contributed by atoms with Gasteiger partial charge in [-0.25, -0.2) is 9.97 Å². The summed E-state index contributed by atoms with van der Waals surface area (Å²) < 4.78 is 41.1. The molecule has 2 aromatic carbocycles. The first-order valence-electron chi connectivity index (χ1n) is 25.8. The number of alkyl halides is 3. The van der Waals surface area contributed by atoms with Gasteiger partial charge in [-0.15, -0.1) is 21.5 Å². The van der Waals surface area contributed by atoms with Crippen LogP contribution in [-0.2, 0) is 33.5 Å². The van der Waals surface area contributed by atoms with E-state index in [9.17, 15) is 27.6 Å². The number of hydrogen-bond acceptors (Lipinski definition) is 12. The fourth-order valence-electron chi connectivity index (χ4n) is 10.3. The highest BCUT2D eigenvalue weighted by atomic mass is 32.1. The Morgan fingerprint density at radius 3 is 2.22 bits per heavy atom. The van der Waals surface area contributed by atoms with Crippen LogP contribution < -0.4 is 15.5 Å². The van der Waals surface area contributed by atoms with E-state index in [0.717, 1.165) is 102 Å². The third-order valence-electron chi connectivity index (χ3n) is 14.6. The number of piperidine rings is 1. The molecule has 19 heteroatoms. The molecule has 2 N–H and O–H groups in total. The van der Waals surface area contributed by atoms with Crippen molar-refractivity contribution >= 4 is 40.7 Å². The van der Waals surface area contributed by atoms with E-state index in [1.807, 2.05) is 87.9 Å². The van der Waals surface area contributed by atoms with Crippen molar-refractivity contribution < 1.29 is 27.6 Å². The van der Waals surface area contributed by atoms with Crippen molar-refractivity contribution in [2.24, 2.45) is 10.5 Å². The Labute approximate surface area is 435 Å². The molecular weight excluding hydrogens is 966 g/mol. The summed E-state index contributed by atoms with van der Waals surface area (Å²) in [4.78, 5) is 59.5. The lowest BCUT2D eigenvalue weighted by atomic mass is 9.85. The van der Waals surface area contributed by atoms with Crippen LogP contribution in [0.4, 0.5) is 19.0 Å². The van der Waals surface area contributed by atoms with Gasteiger partial charge in [-0.3, -0.25) is 19.3 Å². The van der Waals surface area contributed by atoms with E-state index in [1.165, 1.54) is 5.56 Å². The van der Waals surface area contributed by atoms with Crippen molar-refractivity contribution in [3.05, 3.63) is 112 Å². The second-order valence-electron chi connectivity index (χ2n) is 20.8. The second-order valence-corrected chi connectivity index (χ2v) is 21.7. The van der Waals surface area contributed by atoms with E-state index in [2.05, 4.69) is 69.6 Å². The molecule has 3 aromatic heterocycles. The van der Waals surface area contributed by atoms with Crippen LogP contribution in [0.5, 0.6) is 0 Å². The number of hydrogen-bond donors (Lipinski definition) is 2. The van der Waals surface area contributed by atoms with Gasteiger partial charge >= 0.3 is 6.18 Å². The summed E-state index contributed by atoms with van der Waals surface area (Å²) in [5.41, 5.74) is 7.32. The van der Waals surface area contributed by atoms with Crippen molar-refractivity contribution in [2.75, 3.05) is 57.3 Å². The van der Waals surface area contributed by atoms with Gasteiger partial charge < -0.3 is 25.3 Å². The Morgan fingerprint density at radius 1 is 0.811 bits per heavy atom. The minimum absolute atomic E-state index is 0.152. The highest BCUT2D eigenvalue weighted by molar-refractivity contribution is 7.13. The molecule has 15 nitrogen and oxygen atoms in total. The minimum Gasteiger partial charge on any atom is -0.359 e. The number of pyridine rings is 1. The number of fused-ring (bicyclic) bond motifs is 1. The first kappa shape index (κ1) is 52.2. The number of amidine groups is 1. The quantitative estimate of drug-likeness (QED) is 0.0888. The molecule has 390 valence electrons. The number of likely N-dealkylation sites (tertiary alicyclic amines) is 2. The summed E-state index contributed by atoms with van der Waals surface area (Å²) in [6.45, 7) is 14.5. The van der Waals surface area contributed by atoms with Crippen LogP contribution in [-0.4, -0.2) is 128 Å². The zero-order valence-corrected chi connectivity index (χ0v) is 43.4. The summed E-state index contributed by atoms with van der Waals surface area (Å²) in [6, 6.07) is 19.1. The van der Waals surface area contributed by atoms with Crippen LogP contribution in [0.25, 0.3) is 10.4 Å². The molecule has 3 amide bonds. The van der Waals surface area contributed by atoms with E-state index < -0.39 is 29.5 Å². The van der Waals surface area contributed by atoms with Crippen LogP contribution in [0.15, 0.2) is 77.5 Å². The Bertz CT molecular complexity index is 2850. The largest absolute Gasteiger partial charge is 0.453 e. The van der Waals surface area contributed by atoms with Gasteiger partial charge in [0.2, 0.25) is 17.7 Å². The Hall–Kier alpha value is -6.65. The summed E-state index contributed by atoms with van der Waals surface area (Å²) in [6.07, 6.45) is 3.09. The van der Waals surface area contributed by atoms with Crippen LogP contribution in [0.1, 0.15) is 118 Å². The van der Waals surface area contributed by atoms with Gasteiger partial charge in [-0.1, -0.05) is 69.0 Å². The zero-order chi connectivity index (χ0) is 52.0. The SMILES string of the molecule is Cc1ncsc1-c1ccc(CNC(=O)[C@@H]2CCCN2C(=O)[C@@H](NC(=O)CCCCN2CCN(c3ccc(C#Cc4ccc(C5CCN(C6=Nn7c(nnc7C(F)(F)F)CC6)CC5)cc4)cn3)CC2)C(C)(C)C)cc1. The van der Waals surface area contributed by atoms with Gasteiger partial charge in [0.05, 0.1) is 16.1 Å². The van der Waals surface area contributed by atoms with Gasteiger partial charge in [0.25, 0.3) is 5.82 Å². The van der Waals surface area contributed by atoms with E-state index in [4.69, 9.17) is 4.98 Å². The number of aromatic nitrogens is 5. The molecule has 0 spiro atoms. The van der Waals surface area contributed by atoms with Crippen LogP contribution >= 0.6 is 11.3 Å².